The van der Waals surface area contributed by atoms with Crippen LogP contribution in [0, 0.1) is 6.92 Å². The number of aryl methyl sites for hydroxylation is 1. The van der Waals surface area contributed by atoms with Crippen molar-refractivity contribution in [2.45, 2.75) is 26.3 Å². The lowest BCUT2D eigenvalue weighted by Crippen LogP contribution is -2.13. The maximum atomic E-state index is 6.18. The van der Waals surface area contributed by atoms with Gasteiger partial charge in [-0.05, 0) is 38.0 Å². The van der Waals surface area contributed by atoms with Crippen molar-refractivity contribution in [3.05, 3.63) is 35.4 Å². The van der Waals surface area contributed by atoms with Crippen LogP contribution in [0.1, 0.15) is 30.5 Å². The monoisotopic (exact) mass is 271 g/mol. The Kier molecular flexibility index (Phi) is 6.81. The molecule has 0 aliphatic heterocycles. The van der Waals surface area contributed by atoms with E-state index in [1.165, 1.54) is 0 Å². The van der Waals surface area contributed by atoms with Gasteiger partial charge in [0, 0.05) is 6.04 Å². The first kappa shape index (κ1) is 16.8. The summed E-state index contributed by atoms with van der Waals surface area (Å²) in [6.07, 6.45) is 0.718. The summed E-state index contributed by atoms with van der Waals surface area (Å²) in [5, 5.41) is 0. The average Bonchev–Trinajstić information content (AvgIpc) is 2.26. The Balaban J connectivity index is 0.00000289. The van der Waals surface area contributed by atoms with Crippen molar-refractivity contribution in [2.24, 2.45) is 5.73 Å². The highest BCUT2D eigenvalue weighted by Gasteiger charge is 2.18. The van der Waals surface area contributed by atoms with Gasteiger partial charge in [-0.15, -0.1) is 19.0 Å². The molecule has 0 amide bonds. The maximum Gasteiger partial charge on any atom is 0.127 e. The molecule has 2 N–H and O–H groups in total. The van der Waals surface area contributed by atoms with E-state index in [9.17, 15) is 0 Å². The van der Waals surface area contributed by atoms with Gasteiger partial charge in [0.2, 0.25) is 0 Å². The smallest absolute Gasteiger partial charge is 0.127 e. The van der Waals surface area contributed by atoms with Crippen LogP contribution in [0.25, 0.3) is 0 Å². The van der Waals surface area contributed by atoms with Crippen molar-refractivity contribution in [1.29, 1.82) is 0 Å². The summed E-state index contributed by atoms with van der Waals surface area (Å²) < 4.78 is 10.8. The van der Waals surface area contributed by atoms with Crippen LogP contribution in [-0.4, -0.2) is 14.2 Å². The lowest BCUT2D eigenvalue weighted by molar-refractivity contribution is 0.378. The molecule has 0 bridgehead atoms. The highest BCUT2D eigenvalue weighted by atomic mass is 35.5. The average molecular weight is 272 g/mol. The second-order valence-electron chi connectivity index (χ2n) is 4.35. The summed E-state index contributed by atoms with van der Waals surface area (Å²) in [5.74, 6) is 1.55. The number of halogens is 1. The van der Waals surface area contributed by atoms with Crippen LogP contribution in [0.4, 0.5) is 0 Å². The van der Waals surface area contributed by atoms with Gasteiger partial charge in [0.05, 0.1) is 19.8 Å². The number of hydrogen-bond acceptors (Lipinski definition) is 3. The molecule has 1 atom stereocenters. The van der Waals surface area contributed by atoms with Crippen LogP contribution >= 0.6 is 12.4 Å². The predicted molar refractivity (Wildman–Crippen MR) is 77.9 cm³/mol. The van der Waals surface area contributed by atoms with E-state index in [2.05, 4.69) is 6.58 Å². The van der Waals surface area contributed by atoms with Crippen molar-refractivity contribution < 1.29 is 9.47 Å². The van der Waals surface area contributed by atoms with E-state index in [4.69, 9.17) is 15.2 Å². The summed E-state index contributed by atoms with van der Waals surface area (Å²) in [7, 11) is 3.29. The molecule has 18 heavy (non-hydrogen) atoms. The summed E-state index contributed by atoms with van der Waals surface area (Å²) >= 11 is 0. The van der Waals surface area contributed by atoms with Crippen LogP contribution in [0.2, 0.25) is 0 Å². The van der Waals surface area contributed by atoms with Gasteiger partial charge >= 0.3 is 0 Å². The maximum absolute atomic E-state index is 6.18. The first-order valence-corrected chi connectivity index (χ1v) is 5.62. The Morgan fingerprint density at radius 2 is 1.72 bits per heavy atom. The van der Waals surface area contributed by atoms with E-state index in [1.807, 2.05) is 26.0 Å². The predicted octanol–water partition coefficient (Wildman–Crippen LogP) is 3.40. The second-order valence-corrected chi connectivity index (χ2v) is 4.35. The van der Waals surface area contributed by atoms with E-state index >= 15 is 0 Å². The zero-order chi connectivity index (χ0) is 13.0. The van der Waals surface area contributed by atoms with Gasteiger partial charge in [0.25, 0.3) is 0 Å². The van der Waals surface area contributed by atoms with Crippen LogP contribution in [0.5, 0.6) is 11.5 Å². The molecule has 1 rings (SSSR count). The number of methoxy groups -OCH3 is 2. The van der Waals surface area contributed by atoms with E-state index < -0.39 is 0 Å². The summed E-state index contributed by atoms with van der Waals surface area (Å²) in [6.45, 7) is 7.85. The molecule has 0 unspecified atom stereocenters. The largest absolute Gasteiger partial charge is 0.496 e. The molecule has 4 heteroatoms. The third kappa shape index (κ3) is 3.93. The van der Waals surface area contributed by atoms with Crippen molar-refractivity contribution in [3.8, 4) is 11.5 Å². The van der Waals surface area contributed by atoms with E-state index in [0.29, 0.717) is 0 Å². The molecule has 0 saturated heterocycles. The Morgan fingerprint density at radius 1 is 1.28 bits per heavy atom. The highest BCUT2D eigenvalue weighted by molar-refractivity contribution is 5.85. The Bertz CT molecular complexity index is 393. The van der Waals surface area contributed by atoms with Gasteiger partial charge in [-0.2, -0.15) is 0 Å². The molecular weight excluding hydrogens is 250 g/mol. The zero-order valence-corrected chi connectivity index (χ0v) is 12.3. The number of rotatable bonds is 5. The summed E-state index contributed by atoms with van der Waals surface area (Å²) in [6, 6.07) is 3.78. The van der Waals surface area contributed by atoms with Crippen LogP contribution < -0.4 is 15.2 Å². The first-order valence-electron chi connectivity index (χ1n) is 5.62. The fraction of sp³-hybridized carbons (Fsp3) is 0.429. The van der Waals surface area contributed by atoms with Gasteiger partial charge in [0.15, 0.2) is 0 Å². The molecule has 0 aliphatic rings. The third-order valence-corrected chi connectivity index (χ3v) is 2.63. The van der Waals surface area contributed by atoms with Crippen molar-refractivity contribution in [2.75, 3.05) is 14.2 Å². The van der Waals surface area contributed by atoms with Crippen LogP contribution in [0.15, 0.2) is 24.3 Å². The third-order valence-electron chi connectivity index (χ3n) is 2.63. The molecule has 0 fully saturated rings. The Labute approximate surface area is 115 Å². The normalized spacial score (nSPS) is 11.4. The summed E-state index contributed by atoms with van der Waals surface area (Å²) in [4.78, 5) is 0. The molecule has 0 saturated carbocycles. The topological polar surface area (TPSA) is 44.5 Å². The molecule has 0 aromatic heterocycles. The molecule has 0 aliphatic carbocycles. The molecule has 1 aromatic rings. The Morgan fingerprint density at radius 3 is 2.06 bits per heavy atom. The number of benzene rings is 1. The van der Waals surface area contributed by atoms with Gasteiger partial charge in [-0.1, -0.05) is 5.57 Å². The SMILES string of the molecule is C=C(C)C[C@@H](N)c1c(OC)cc(C)cc1OC.Cl. The van der Waals surface area contributed by atoms with E-state index in [0.717, 1.165) is 34.6 Å². The Hall–Kier alpha value is -1.19. The number of nitrogens with two attached hydrogens (primary N) is 1. The highest BCUT2D eigenvalue weighted by Crippen LogP contribution is 2.36. The van der Waals surface area contributed by atoms with Gasteiger partial charge in [-0.3, -0.25) is 0 Å². The fourth-order valence-electron chi connectivity index (χ4n) is 1.91. The zero-order valence-electron chi connectivity index (χ0n) is 11.4. The minimum Gasteiger partial charge on any atom is -0.496 e. The number of ether oxygens (including phenoxy) is 2. The molecule has 102 valence electrons. The minimum absolute atomic E-state index is 0. The van der Waals surface area contributed by atoms with Crippen molar-refractivity contribution in [3.63, 3.8) is 0 Å². The second kappa shape index (κ2) is 7.29. The van der Waals surface area contributed by atoms with Crippen LogP contribution in [-0.2, 0) is 0 Å². The van der Waals surface area contributed by atoms with Crippen molar-refractivity contribution in [1.82, 2.24) is 0 Å². The standard InChI is InChI=1S/C14H21NO2.ClH/c1-9(2)6-11(15)14-12(16-4)7-10(3)8-13(14)17-5;/h7-8,11H,1,6,15H2,2-5H3;1H/t11-;/m1./s1. The lowest BCUT2D eigenvalue weighted by Gasteiger charge is -2.19. The minimum atomic E-state index is -0.155. The molecule has 0 spiro atoms. The van der Waals surface area contributed by atoms with E-state index in [1.54, 1.807) is 14.2 Å². The quantitative estimate of drug-likeness (QED) is 0.835. The molecule has 0 heterocycles. The molecule has 1 aromatic carbocycles. The van der Waals surface area contributed by atoms with Gasteiger partial charge in [0.1, 0.15) is 11.5 Å². The van der Waals surface area contributed by atoms with Gasteiger partial charge < -0.3 is 15.2 Å². The fourth-order valence-corrected chi connectivity index (χ4v) is 1.91. The molecular formula is C14H22ClNO2. The van der Waals surface area contributed by atoms with E-state index in [-0.39, 0.29) is 18.4 Å². The number of hydrogen-bond donors (Lipinski definition) is 1. The first-order chi connectivity index (χ1) is 7.99. The molecule has 3 nitrogen and oxygen atoms in total. The molecule has 0 radical (unpaired) electrons. The van der Waals surface area contributed by atoms with Gasteiger partial charge in [-0.25, -0.2) is 0 Å². The lowest BCUT2D eigenvalue weighted by atomic mass is 9.98. The van der Waals surface area contributed by atoms with Crippen molar-refractivity contribution >= 4 is 12.4 Å². The summed E-state index contributed by atoms with van der Waals surface area (Å²) in [5.41, 5.74) is 9.22. The van der Waals surface area contributed by atoms with Crippen LogP contribution in [0.3, 0.4) is 0 Å².